The minimum absolute atomic E-state index is 0.706. The fraction of sp³-hybridized carbons (Fsp3) is 0.429. The van der Waals surface area contributed by atoms with Crippen LogP contribution in [0.2, 0.25) is 0 Å². The van der Waals surface area contributed by atoms with Crippen LogP contribution in [0.25, 0.3) is 0 Å². The lowest BCUT2D eigenvalue weighted by atomic mass is 10.1. The van der Waals surface area contributed by atoms with Crippen molar-refractivity contribution in [3.8, 4) is 5.88 Å². The summed E-state index contributed by atoms with van der Waals surface area (Å²) < 4.78 is 5.33. The molecule has 2 aromatic heterocycles. The van der Waals surface area contributed by atoms with Crippen LogP contribution in [-0.4, -0.2) is 31.2 Å². The summed E-state index contributed by atoms with van der Waals surface area (Å²) in [6.45, 7) is 3.63. The average Bonchev–Trinajstić information content (AvgIpc) is 2.84. The van der Waals surface area contributed by atoms with E-state index < -0.39 is 0 Å². The van der Waals surface area contributed by atoms with E-state index in [0.717, 1.165) is 23.1 Å². The zero-order chi connectivity index (χ0) is 14.5. The first-order valence-corrected chi connectivity index (χ1v) is 7.24. The molecule has 0 aromatic carbocycles. The van der Waals surface area contributed by atoms with Gasteiger partial charge in [-0.1, -0.05) is 11.3 Å². The zero-order valence-electron chi connectivity index (χ0n) is 12.3. The number of thiazole rings is 1. The van der Waals surface area contributed by atoms with Crippen molar-refractivity contribution in [2.24, 2.45) is 0 Å². The second kappa shape index (κ2) is 6.67. The predicted molar refractivity (Wildman–Crippen MR) is 82.5 cm³/mol. The molecule has 0 amide bonds. The lowest BCUT2D eigenvalue weighted by Crippen LogP contribution is -2.13. The SMILES string of the molecule is COc1nc(N(C)C)sc1CNCc1ccncc1C. The zero-order valence-corrected chi connectivity index (χ0v) is 13.1. The molecule has 0 fully saturated rings. The van der Waals surface area contributed by atoms with Gasteiger partial charge in [0.1, 0.15) is 0 Å². The Labute approximate surface area is 123 Å². The van der Waals surface area contributed by atoms with Crippen molar-refractivity contribution < 1.29 is 4.74 Å². The molecular formula is C14H20N4OS. The van der Waals surface area contributed by atoms with Crippen molar-refractivity contribution in [1.82, 2.24) is 15.3 Å². The summed E-state index contributed by atoms with van der Waals surface area (Å²) in [5, 5.41) is 4.39. The molecule has 0 saturated heterocycles. The van der Waals surface area contributed by atoms with Crippen molar-refractivity contribution in [2.45, 2.75) is 20.0 Å². The topological polar surface area (TPSA) is 50.3 Å². The van der Waals surface area contributed by atoms with Gasteiger partial charge in [-0.25, -0.2) is 0 Å². The normalized spacial score (nSPS) is 10.6. The van der Waals surface area contributed by atoms with Crippen LogP contribution in [0.15, 0.2) is 18.5 Å². The second-order valence-corrected chi connectivity index (χ2v) is 5.79. The van der Waals surface area contributed by atoms with Crippen molar-refractivity contribution >= 4 is 16.5 Å². The lowest BCUT2D eigenvalue weighted by molar-refractivity contribution is 0.394. The van der Waals surface area contributed by atoms with Gasteiger partial charge in [-0.15, -0.1) is 0 Å². The number of aromatic nitrogens is 2. The number of nitrogens with zero attached hydrogens (tertiary/aromatic N) is 3. The van der Waals surface area contributed by atoms with Crippen LogP contribution < -0.4 is 15.0 Å². The summed E-state index contributed by atoms with van der Waals surface area (Å²) in [6, 6.07) is 2.04. The minimum Gasteiger partial charge on any atom is -0.480 e. The Balaban J connectivity index is 1.99. The predicted octanol–water partition coefficient (Wildman–Crippen LogP) is 2.21. The molecule has 0 spiro atoms. The molecule has 0 bridgehead atoms. The van der Waals surface area contributed by atoms with Crippen LogP contribution >= 0.6 is 11.3 Å². The fourth-order valence-electron chi connectivity index (χ4n) is 1.80. The van der Waals surface area contributed by atoms with Crippen LogP contribution in [0, 0.1) is 6.92 Å². The van der Waals surface area contributed by atoms with Gasteiger partial charge in [-0.2, -0.15) is 4.98 Å². The van der Waals surface area contributed by atoms with Crippen LogP contribution in [0.4, 0.5) is 5.13 Å². The number of aryl methyl sites for hydroxylation is 1. The molecule has 2 heterocycles. The molecule has 1 N–H and O–H groups in total. The highest BCUT2D eigenvalue weighted by Gasteiger charge is 2.12. The number of nitrogens with one attached hydrogen (secondary N) is 1. The van der Waals surface area contributed by atoms with Crippen LogP contribution in [0.1, 0.15) is 16.0 Å². The third-order valence-corrected chi connectivity index (χ3v) is 4.17. The van der Waals surface area contributed by atoms with Crippen molar-refractivity contribution in [3.63, 3.8) is 0 Å². The number of rotatable bonds is 6. The monoisotopic (exact) mass is 292 g/mol. The number of hydrogen-bond acceptors (Lipinski definition) is 6. The van der Waals surface area contributed by atoms with Gasteiger partial charge in [0.05, 0.1) is 12.0 Å². The van der Waals surface area contributed by atoms with E-state index in [2.05, 4.69) is 22.2 Å². The van der Waals surface area contributed by atoms with Gasteiger partial charge in [0.25, 0.3) is 0 Å². The molecule has 6 heteroatoms. The first-order valence-electron chi connectivity index (χ1n) is 6.43. The van der Waals surface area contributed by atoms with Crippen molar-refractivity contribution in [1.29, 1.82) is 0 Å². The van der Waals surface area contributed by atoms with E-state index in [4.69, 9.17) is 4.74 Å². The van der Waals surface area contributed by atoms with E-state index in [-0.39, 0.29) is 0 Å². The maximum Gasteiger partial charge on any atom is 0.230 e. The highest BCUT2D eigenvalue weighted by molar-refractivity contribution is 7.15. The third kappa shape index (κ3) is 3.46. The molecule has 0 saturated carbocycles. The molecule has 20 heavy (non-hydrogen) atoms. The van der Waals surface area contributed by atoms with Gasteiger partial charge >= 0.3 is 0 Å². The van der Waals surface area contributed by atoms with Crippen LogP contribution in [0.3, 0.4) is 0 Å². The molecule has 0 unspecified atom stereocenters. The molecular weight excluding hydrogens is 272 g/mol. The summed E-state index contributed by atoms with van der Waals surface area (Å²) >= 11 is 1.65. The quantitative estimate of drug-likeness (QED) is 0.884. The van der Waals surface area contributed by atoms with Gasteiger partial charge in [-0.05, 0) is 24.1 Å². The first-order chi connectivity index (χ1) is 9.61. The fourth-order valence-corrected chi connectivity index (χ4v) is 2.72. The van der Waals surface area contributed by atoms with Gasteiger partial charge < -0.3 is 15.0 Å². The van der Waals surface area contributed by atoms with Gasteiger partial charge in [0, 0.05) is 39.6 Å². The van der Waals surface area contributed by atoms with Gasteiger partial charge in [0.15, 0.2) is 5.13 Å². The van der Waals surface area contributed by atoms with Crippen LogP contribution in [-0.2, 0) is 13.1 Å². The maximum atomic E-state index is 5.33. The standard InChI is InChI=1S/C14H20N4OS/c1-10-7-15-6-5-11(10)8-16-9-12-13(19-4)17-14(20-12)18(2)3/h5-7,16H,8-9H2,1-4H3. The van der Waals surface area contributed by atoms with E-state index in [9.17, 15) is 0 Å². The Bertz CT molecular complexity index is 568. The van der Waals surface area contributed by atoms with Crippen molar-refractivity contribution in [3.05, 3.63) is 34.5 Å². The largest absolute Gasteiger partial charge is 0.480 e. The smallest absolute Gasteiger partial charge is 0.230 e. The number of pyridine rings is 1. The van der Waals surface area contributed by atoms with Crippen LogP contribution in [0.5, 0.6) is 5.88 Å². The molecule has 0 aliphatic heterocycles. The summed E-state index contributed by atoms with van der Waals surface area (Å²) in [5.41, 5.74) is 2.46. The maximum absolute atomic E-state index is 5.33. The average molecular weight is 292 g/mol. The Morgan fingerprint density at radius 1 is 1.35 bits per heavy atom. The number of anilines is 1. The number of ether oxygens (including phenoxy) is 1. The second-order valence-electron chi connectivity index (χ2n) is 4.73. The Morgan fingerprint density at radius 2 is 2.15 bits per heavy atom. The summed E-state index contributed by atoms with van der Waals surface area (Å²) in [7, 11) is 5.62. The Morgan fingerprint density at radius 3 is 2.80 bits per heavy atom. The Hall–Kier alpha value is -1.66. The van der Waals surface area contributed by atoms with E-state index in [1.165, 1.54) is 11.1 Å². The summed E-state index contributed by atoms with van der Waals surface area (Å²) in [6.07, 6.45) is 3.70. The highest BCUT2D eigenvalue weighted by atomic mass is 32.1. The number of hydrogen-bond donors (Lipinski definition) is 1. The molecule has 0 aliphatic carbocycles. The van der Waals surface area contributed by atoms with E-state index in [1.54, 1.807) is 18.4 Å². The van der Waals surface area contributed by atoms with Gasteiger partial charge in [-0.3, -0.25) is 4.98 Å². The van der Waals surface area contributed by atoms with E-state index in [1.807, 2.05) is 37.5 Å². The molecule has 0 aliphatic rings. The van der Waals surface area contributed by atoms with E-state index in [0.29, 0.717) is 5.88 Å². The van der Waals surface area contributed by atoms with E-state index >= 15 is 0 Å². The summed E-state index contributed by atoms with van der Waals surface area (Å²) in [5.74, 6) is 0.706. The molecule has 5 nitrogen and oxygen atoms in total. The minimum atomic E-state index is 0.706. The highest BCUT2D eigenvalue weighted by Crippen LogP contribution is 2.30. The van der Waals surface area contributed by atoms with Gasteiger partial charge in [0.2, 0.25) is 5.88 Å². The molecule has 2 rings (SSSR count). The Kier molecular flexibility index (Phi) is 4.92. The third-order valence-electron chi connectivity index (χ3n) is 2.96. The summed E-state index contributed by atoms with van der Waals surface area (Å²) in [4.78, 5) is 11.6. The molecule has 0 atom stereocenters. The number of methoxy groups -OCH3 is 1. The molecule has 108 valence electrons. The van der Waals surface area contributed by atoms with Crippen molar-refractivity contribution in [2.75, 3.05) is 26.1 Å². The first kappa shape index (κ1) is 14.7. The lowest BCUT2D eigenvalue weighted by Gasteiger charge is -2.07. The molecule has 2 aromatic rings. The molecule has 0 radical (unpaired) electrons.